The van der Waals surface area contributed by atoms with Crippen LogP contribution in [0.5, 0.6) is 0 Å². The molecule has 0 fully saturated rings. The Kier molecular flexibility index (Phi) is 3.49. The van der Waals surface area contributed by atoms with E-state index >= 15 is 0 Å². The summed E-state index contributed by atoms with van der Waals surface area (Å²) in [5.74, 6) is -1.06. The first-order chi connectivity index (χ1) is 7.38. The number of nitrogens with zero attached hydrogens (tertiary/aromatic N) is 2. The molecule has 16 heavy (non-hydrogen) atoms. The summed E-state index contributed by atoms with van der Waals surface area (Å²) in [4.78, 5) is 16.3. The largest absolute Gasteiger partial charge is 0.477 e. The lowest BCUT2D eigenvalue weighted by Crippen LogP contribution is -2.44. The van der Waals surface area contributed by atoms with Gasteiger partial charge in [-0.1, -0.05) is 0 Å². The van der Waals surface area contributed by atoms with Crippen LogP contribution < -0.4 is 4.90 Å². The van der Waals surface area contributed by atoms with E-state index < -0.39 is 11.5 Å². The molecule has 0 amide bonds. The average molecular weight is 224 g/mol. The van der Waals surface area contributed by atoms with Gasteiger partial charge in [0.05, 0.1) is 12.1 Å². The second-order valence-electron chi connectivity index (χ2n) is 4.23. The van der Waals surface area contributed by atoms with Crippen LogP contribution >= 0.6 is 0 Å². The maximum atomic E-state index is 10.8. The summed E-state index contributed by atoms with van der Waals surface area (Å²) in [6, 6.07) is 3.20. The van der Waals surface area contributed by atoms with Crippen LogP contribution in [0.2, 0.25) is 0 Å². The Morgan fingerprint density at radius 2 is 2.19 bits per heavy atom. The Bertz CT molecular complexity index is 391. The smallest absolute Gasteiger partial charge is 0.354 e. The molecule has 1 aromatic rings. The number of hydrogen-bond donors (Lipinski definition) is 2. The number of pyridine rings is 1. The van der Waals surface area contributed by atoms with Gasteiger partial charge in [0.1, 0.15) is 5.69 Å². The predicted molar refractivity (Wildman–Crippen MR) is 60.8 cm³/mol. The molecular weight excluding hydrogens is 208 g/mol. The first kappa shape index (κ1) is 12.4. The van der Waals surface area contributed by atoms with E-state index in [1.807, 2.05) is 18.7 Å². The van der Waals surface area contributed by atoms with Gasteiger partial charge in [-0.25, -0.2) is 9.78 Å². The molecule has 0 atom stereocenters. The Morgan fingerprint density at radius 1 is 1.56 bits per heavy atom. The molecule has 0 saturated carbocycles. The lowest BCUT2D eigenvalue weighted by atomic mass is 10.0. The molecule has 0 unspecified atom stereocenters. The van der Waals surface area contributed by atoms with Gasteiger partial charge in [0, 0.05) is 18.9 Å². The molecule has 1 aromatic heterocycles. The van der Waals surface area contributed by atoms with Gasteiger partial charge in [-0.05, 0) is 26.0 Å². The SMILES string of the molecule is CN(c1ccnc(C(=O)O)c1)C(C)(C)CO. The molecule has 0 spiro atoms. The van der Waals surface area contributed by atoms with Crippen molar-refractivity contribution in [3.8, 4) is 0 Å². The molecule has 0 saturated heterocycles. The van der Waals surface area contributed by atoms with Crippen molar-refractivity contribution in [3.05, 3.63) is 24.0 Å². The Morgan fingerprint density at radius 3 is 2.69 bits per heavy atom. The van der Waals surface area contributed by atoms with Crippen molar-refractivity contribution in [2.24, 2.45) is 0 Å². The number of carboxylic acid groups (broad SMARTS) is 1. The zero-order valence-corrected chi connectivity index (χ0v) is 9.64. The van der Waals surface area contributed by atoms with E-state index in [-0.39, 0.29) is 12.3 Å². The van der Waals surface area contributed by atoms with E-state index in [1.54, 1.807) is 13.1 Å². The fourth-order valence-corrected chi connectivity index (χ4v) is 1.20. The number of aromatic carboxylic acids is 1. The lowest BCUT2D eigenvalue weighted by molar-refractivity contribution is 0.0690. The monoisotopic (exact) mass is 224 g/mol. The van der Waals surface area contributed by atoms with E-state index in [0.29, 0.717) is 5.69 Å². The highest BCUT2D eigenvalue weighted by atomic mass is 16.4. The molecule has 1 rings (SSSR count). The third-order valence-electron chi connectivity index (χ3n) is 2.64. The Hall–Kier alpha value is -1.62. The van der Waals surface area contributed by atoms with E-state index in [2.05, 4.69) is 4.98 Å². The zero-order chi connectivity index (χ0) is 12.3. The molecule has 0 aliphatic heterocycles. The van der Waals surface area contributed by atoms with Crippen molar-refractivity contribution in [1.29, 1.82) is 0 Å². The fraction of sp³-hybridized carbons (Fsp3) is 0.455. The van der Waals surface area contributed by atoms with Crippen LogP contribution in [0, 0.1) is 0 Å². The highest BCUT2D eigenvalue weighted by molar-refractivity contribution is 5.86. The van der Waals surface area contributed by atoms with Crippen LogP contribution in [0.1, 0.15) is 24.3 Å². The molecule has 0 radical (unpaired) electrons. The highest BCUT2D eigenvalue weighted by Crippen LogP contribution is 2.21. The van der Waals surface area contributed by atoms with Crippen LogP contribution in [-0.2, 0) is 0 Å². The van der Waals surface area contributed by atoms with Crippen LogP contribution in [0.4, 0.5) is 5.69 Å². The minimum absolute atomic E-state index is 0.00177. The number of rotatable bonds is 4. The summed E-state index contributed by atoms with van der Waals surface area (Å²) >= 11 is 0. The molecule has 0 bridgehead atoms. The quantitative estimate of drug-likeness (QED) is 0.797. The Labute approximate surface area is 94.4 Å². The maximum Gasteiger partial charge on any atom is 0.354 e. The highest BCUT2D eigenvalue weighted by Gasteiger charge is 2.23. The average Bonchev–Trinajstić information content (AvgIpc) is 2.28. The normalized spacial score (nSPS) is 11.2. The van der Waals surface area contributed by atoms with Gasteiger partial charge in [0.2, 0.25) is 0 Å². The molecule has 2 N–H and O–H groups in total. The summed E-state index contributed by atoms with van der Waals surface area (Å²) in [7, 11) is 1.80. The maximum absolute atomic E-state index is 10.8. The molecule has 1 heterocycles. The van der Waals surface area contributed by atoms with Gasteiger partial charge in [-0.3, -0.25) is 0 Å². The third kappa shape index (κ3) is 2.49. The standard InChI is InChI=1S/C11H16N2O3/c1-11(2,7-14)13(3)8-4-5-12-9(6-8)10(15)16/h4-6,14H,7H2,1-3H3,(H,15,16). The van der Waals surface area contributed by atoms with Crippen LogP contribution in [0.3, 0.4) is 0 Å². The van der Waals surface area contributed by atoms with E-state index in [1.165, 1.54) is 12.3 Å². The molecular formula is C11H16N2O3. The van der Waals surface area contributed by atoms with E-state index in [0.717, 1.165) is 0 Å². The second kappa shape index (κ2) is 4.49. The number of likely N-dealkylation sites (N-methyl/N-ethyl adjacent to an activating group) is 1. The fourth-order valence-electron chi connectivity index (χ4n) is 1.20. The van der Waals surface area contributed by atoms with Gasteiger partial charge < -0.3 is 15.1 Å². The van der Waals surface area contributed by atoms with Gasteiger partial charge in [-0.15, -0.1) is 0 Å². The molecule has 5 heteroatoms. The van der Waals surface area contributed by atoms with Crippen LogP contribution in [0.15, 0.2) is 18.3 Å². The second-order valence-corrected chi connectivity index (χ2v) is 4.23. The Balaban J connectivity index is 3.05. The van der Waals surface area contributed by atoms with E-state index in [4.69, 9.17) is 5.11 Å². The van der Waals surface area contributed by atoms with Crippen LogP contribution in [0.25, 0.3) is 0 Å². The van der Waals surface area contributed by atoms with Gasteiger partial charge in [0.25, 0.3) is 0 Å². The number of aromatic nitrogens is 1. The zero-order valence-electron chi connectivity index (χ0n) is 9.64. The van der Waals surface area contributed by atoms with Crippen molar-refractivity contribution >= 4 is 11.7 Å². The predicted octanol–water partition coefficient (Wildman–Crippen LogP) is 0.987. The minimum atomic E-state index is -1.06. The summed E-state index contributed by atoms with van der Waals surface area (Å²) in [6.45, 7) is 3.72. The van der Waals surface area contributed by atoms with Gasteiger partial charge in [0.15, 0.2) is 0 Å². The summed E-state index contributed by atoms with van der Waals surface area (Å²) in [6.07, 6.45) is 1.45. The van der Waals surface area contributed by atoms with Crippen LogP contribution in [-0.4, -0.2) is 40.4 Å². The minimum Gasteiger partial charge on any atom is -0.477 e. The molecule has 0 aromatic carbocycles. The number of aliphatic hydroxyl groups excluding tert-OH is 1. The van der Waals surface area contributed by atoms with Crippen molar-refractivity contribution in [3.63, 3.8) is 0 Å². The molecule has 0 aliphatic rings. The molecule has 5 nitrogen and oxygen atoms in total. The molecule has 0 aliphatic carbocycles. The van der Waals surface area contributed by atoms with Crippen molar-refractivity contribution < 1.29 is 15.0 Å². The molecule has 88 valence electrons. The summed E-state index contributed by atoms with van der Waals surface area (Å²) in [5, 5.41) is 18.1. The van der Waals surface area contributed by atoms with E-state index in [9.17, 15) is 9.90 Å². The van der Waals surface area contributed by atoms with Gasteiger partial charge >= 0.3 is 5.97 Å². The number of aliphatic hydroxyl groups is 1. The third-order valence-corrected chi connectivity index (χ3v) is 2.64. The number of carboxylic acids is 1. The topological polar surface area (TPSA) is 73.7 Å². The first-order valence-corrected chi connectivity index (χ1v) is 4.92. The van der Waals surface area contributed by atoms with Crippen molar-refractivity contribution in [2.75, 3.05) is 18.6 Å². The first-order valence-electron chi connectivity index (χ1n) is 4.92. The van der Waals surface area contributed by atoms with Gasteiger partial charge in [-0.2, -0.15) is 0 Å². The van der Waals surface area contributed by atoms with Crippen molar-refractivity contribution in [2.45, 2.75) is 19.4 Å². The number of anilines is 1. The summed E-state index contributed by atoms with van der Waals surface area (Å²) < 4.78 is 0. The number of hydrogen-bond acceptors (Lipinski definition) is 4. The van der Waals surface area contributed by atoms with Crippen molar-refractivity contribution in [1.82, 2.24) is 4.98 Å². The lowest BCUT2D eigenvalue weighted by Gasteiger charge is -2.35. The number of carbonyl (C=O) groups is 1. The summed E-state index contributed by atoms with van der Waals surface area (Å²) in [5.41, 5.74) is 0.265.